The van der Waals surface area contributed by atoms with Gasteiger partial charge in [0.25, 0.3) is 0 Å². The van der Waals surface area contributed by atoms with Crippen molar-refractivity contribution < 1.29 is 9.53 Å². The summed E-state index contributed by atoms with van der Waals surface area (Å²) < 4.78 is 5.04. The molecule has 0 aliphatic carbocycles. The van der Waals surface area contributed by atoms with Gasteiger partial charge < -0.3 is 4.74 Å². The van der Waals surface area contributed by atoms with Gasteiger partial charge in [-0.2, -0.15) is 5.10 Å². The first kappa shape index (κ1) is 11.6. The van der Waals surface area contributed by atoms with E-state index in [1.807, 2.05) is 5.01 Å². The van der Waals surface area contributed by atoms with Crippen LogP contribution in [0.2, 0.25) is 0 Å². The highest BCUT2D eigenvalue weighted by molar-refractivity contribution is 6.35. The summed E-state index contributed by atoms with van der Waals surface area (Å²) in [6.07, 6.45) is 3.72. The van der Waals surface area contributed by atoms with E-state index in [4.69, 9.17) is 4.74 Å². The van der Waals surface area contributed by atoms with Gasteiger partial charge in [-0.15, -0.1) is 0 Å². The highest BCUT2D eigenvalue weighted by Crippen LogP contribution is 2.11. The molecule has 0 amide bonds. The van der Waals surface area contributed by atoms with Crippen molar-refractivity contribution in [2.24, 2.45) is 5.10 Å². The minimum Gasteiger partial charge on any atom is -0.497 e. The standard InChI is InChI=1S/C13H16N2O2/c1-17-12-6-4-11(5-7-12)13(16)10-14-15-8-2-3-9-15/h4-7,10H,2-3,8-9H2,1H3. The molecule has 1 heterocycles. The molecule has 0 N–H and O–H groups in total. The summed E-state index contributed by atoms with van der Waals surface area (Å²) in [5.74, 6) is 0.678. The van der Waals surface area contributed by atoms with E-state index in [1.54, 1.807) is 31.4 Å². The average Bonchev–Trinajstić information content (AvgIpc) is 2.89. The largest absolute Gasteiger partial charge is 0.497 e. The second kappa shape index (κ2) is 5.48. The first-order valence-electron chi connectivity index (χ1n) is 5.77. The van der Waals surface area contributed by atoms with Crippen molar-refractivity contribution in [2.45, 2.75) is 12.8 Å². The number of ether oxygens (including phenoxy) is 1. The van der Waals surface area contributed by atoms with Gasteiger partial charge >= 0.3 is 0 Å². The maximum absolute atomic E-state index is 11.8. The predicted molar refractivity (Wildman–Crippen MR) is 66.6 cm³/mol. The zero-order chi connectivity index (χ0) is 12.1. The lowest BCUT2D eigenvalue weighted by Crippen LogP contribution is -2.13. The van der Waals surface area contributed by atoms with Gasteiger partial charge in [0.2, 0.25) is 5.78 Å². The fourth-order valence-corrected chi connectivity index (χ4v) is 1.78. The minimum atomic E-state index is -0.0699. The number of carbonyl (C=O) groups is 1. The zero-order valence-electron chi connectivity index (χ0n) is 9.93. The van der Waals surface area contributed by atoms with Gasteiger partial charge in [-0.1, -0.05) is 0 Å². The topological polar surface area (TPSA) is 41.9 Å². The van der Waals surface area contributed by atoms with Crippen LogP contribution in [0, 0.1) is 0 Å². The quantitative estimate of drug-likeness (QED) is 0.588. The second-order valence-corrected chi connectivity index (χ2v) is 4.00. The summed E-state index contributed by atoms with van der Waals surface area (Å²) >= 11 is 0. The summed E-state index contributed by atoms with van der Waals surface area (Å²) in [4.78, 5) is 11.8. The SMILES string of the molecule is COc1ccc(C(=O)C=NN2CCCC2)cc1. The minimum absolute atomic E-state index is 0.0699. The van der Waals surface area contributed by atoms with Crippen molar-refractivity contribution in [1.82, 2.24) is 5.01 Å². The Hall–Kier alpha value is -1.84. The summed E-state index contributed by atoms with van der Waals surface area (Å²) in [6.45, 7) is 1.90. The Balaban J connectivity index is 1.98. The molecule has 17 heavy (non-hydrogen) atoms. The second-order valence-electron chi connectivity index (χ2n) is 4.00. The van der Waals surface area contributed by atoms with E-state index in [0.717, 1.165) is 31.7 Å². The van der Waals surface area contributed by atoms with Gasteiger partial charge in [0.15, 0.2) is 0 Å². The molecule has 4 nitrogen and oxygen atoms in total. The van der Waals surface area contributed by atoms with Gasteiger partial charge in [0.05, 0.1) is 13.3 Å². The Morgan fingerprint density at radius 2 is 1.94 bits per heavy atom. The van der Waals surface area contributed by atoms with Crippen LogP contribution in [0.25, 0.3) is 0 Å². The van der Waals surface area contributed by atoms with Gasteiger partial charge in [0, 0.05) is 18.7 Å². The van der Waals surface area contributed by atoms with Crippen molar-refractivity contribution in [3.8, 4) is 5.75 Å². The number of benzene rings is 1. The summed E-state index contributed by atoms with van der Waals surface area (Å²) in [5.41, 5.74) is 0.633. The van der Waals surface area contributed by atoms with Crippen molar-refractivity contribution in [3.05, 3.63) is 29.8 Å². The lowest BCUT2D eigenvalue weighted by Gasteiger charge is -2.08. The molecule has 0 spiro atoms. The van der Waals surface area contributed by atoms with Gasteiger partial charge in [-0.3, -0.25) is 9.80 Å². The monoisotopic (exact) mass is 232 g/mol. The number of hydrogen-bond acceptors (Lipinski definition) is 4. The number of hydrazone groups is 1. The molecular weight excluding hydrogens is 216 g/mol. The number of methoxy groups -OCH3 is 1. The van der Waals surface area contributed by atoms with E-state index < -0.39 is 0 Å². The fourth-order valence-electron chi connectivity index (χ4n) is 1.78. The molecule has 0 atom stereocenters. The van der Waals surface area contributed by atoms with Crippen LogP contribution in [0.5, 0.6) is 5.75 Å². The van der Waals surface area contributed by atoms with Crippen LogP contribution in [0.4, 0.5) is 0 Å². The summed E-state index contributed by atoms with van der Waals surface area (Å²) in [6, 6.07) is 7.04. The maximum Gasteiger partial charge on any atom is 0.205 e. The van der Waals surface area contributed by atoms with E-state index in [0.29, 0.717) is 5.56 Å². The van der Waals surface area contributed by atoms with E-state index in [1.165, 1.54) is 6.21 Å². The van der Waals surface area contributed by atoms with Crippen LogP contribution in [0.3, 0.4) is 0 Å². The first-order valence-corrected chi connectivity index (χ1v) is 5.77. The third kappa shape index (κ3) is 3.06. The molecule has 0 radical (unpaired) electrons. The van der Waals surface area contributed by atoms with Gasteiger partial charge in [-0.25, -0.2) is 0 Å². The van der Waals surface area contributed by atoms with Crippen molar-refractivity contribution in [1.29, 1.82) is 0 Å². The molecule has 90 valence electrons. The third-order valence-electron chi connectivity index (χ3n) is 2.80. The van der Waals surface area contributed by atoms with Gasteiger partial charge in [-0.05, 0) is 37.1 Å². The highest BCUT2D eigenvalue weighted by Gasteiger charge is 2.09. The molecule has 1 aromatic carbocycles. The number of carbonyl (C=O) groups excluding carboxylic acids is 1. The number of nitrogens with zero attached hydrogens (tertiary/aromatic N) is 2. The molecule has 1 aliphatic rings. The van der Waals surface area contributed by atoms with E-state index in [9.17, 15) is 4.79 Å². The Bertz CT molecular complexity index is 406. The number of rotatable bonds is 4. The molecular formula is C13H16N2O2. The molecule has 0 unspecified atom stereocenters. The normalized spacial score (nSPS) is 15.5. The van der Waals surface area contributed by atoms with Crippen molar-refractivity contribution in [3.63, 3.8) is 0 Å². The third-order valence-corrected chi connectivity index (χ3v) is 2.80. The molecule has 1 aromatic rings. The number of Topliss-reactive ketones (excluding diaryl/α,β-unsaturated/α-hetero) is 1. The Kier molecular flexibility index (Phi) is 3.75. The molecule has 0 saturated carbocycles. The predicted octanol–water partition coefficient (Wildman–Crippen LogP) is 1.96. The molecule has 2 rings (SSSR count). The smallest absolute Gasteiger partial charge is 0.205 e. The maximum atomic E-state index is 11.8. The van der Waals surface area contributed by atoms with E-state index >= 15 is 0 Å². The van der Waals surface area contributed by atoms with Crippen LogP contribution in [-0.2, 0) is 0 Å². The molecule has 4 heteroatoms. The van der Waals surface area contributed by atoms with Crippen LogP contribution in [0.1, 0.15) is 23.2 Å². The van der Waals surface area contributed by atoms with E-state index in [2.05, 4.69) is 5.10 Å². The molecule has 1 aliphatic heterocycles. The lowest BCUT2D eigenvalue weighted by molar-refractivity contribution is 0.106. The Morgan fingerprint density at radius 1 is 1.29 bits per heavy atom. The molecule has 1 fully saturated rings. The summed E-state index contributed by atoms with van der Waals surface area (Å²) in [5, 5.41) is 6.10. The van der Waals surface area contributed by atoms with Crippen LogP contribution in [0.15, 0.2) is 29.4 Å². The van der Waals surface area contributed by atoms with Gasteiger partial charge in [0.1, 0.15) is 5.75 Å². The Morgan fingerprint density at radius 3 is 2.53 bits per heavy atom. The van der Waals surface area contributed by atoms with Crippen LogP contribution in [-0.4, -0.2) is 37.2 Å². The Labute approximate surface area is 101 Å². The van der Waals surface area contributed by atoms with Crippen LogP contribution < -0.4 is 4.74 Å². The van der Waals surface area contributed by atoms with E-state index in [-0.39, 0.29) is 5.78 Å². The summed E-state index contributed by atoms with van der Waals surface area (Å²) in [7, 11) is 1.60. The van der Waals surface area contributed by atoms with Crippen molar-refractivity contribution >= 4 is 12.0 Å². The number of hydrogen-bond donors (Lipinski definition) is 0. The van der Waals surface area contributed by atoms with Crippen LogP contribution >= 0.6 is 0 Å². The fraction of sp³-hybridized carbons (Fsp3) is 0.385. The lowest BCUT2D eigenvalue weighted by atomic mass is 10.1. The number of ketones is 1. The van der Waals surface area contributed by atoms with Crippen molar-refractivity contribution in [2.75, 3.05) is 20.2 Å². The highest BCUT2D eigenvalue weighted by atomic mass is 16.5. The first-order chi connectivity index (χ1) is 8.29. The average molecular weight is 232 g/mol. The zero-order valence-corrected chi connectivity index (χ0v) is 9.93. The molecule has 0 bridgehead atoms. The molecule has 0 aromatic heterocycles. The molecule has 1 saturated heterocycles.